The van der Waals surface area contributed by atoms with E-state index in [-0.39, 0.29) is 5.41 Å². The smallest absolute Gasteiger partial charge is 0.305 e. The first-order valence-electron chi connectivity index (χ1n) is 11.3. The summed E-state index contributed by atoms with van der Waals surface area (Å²) in [7, 11) is 1.82. The number of hydrogen-bond acceptors (Lipinski definition) is 5. The van der Waals surface area contributed by atoms with Crippen molar-refractivity contribution < 1.29 is 17.6 Å². The van der Waals surface area contributed by atoms with Crippen LogP contribution in [0.15, 0.2) is 47.8 Å². The van der Waals surface area contributed by atoms with E-state index in [9.17, 15) is 17.6 Å². The minimum absolute atomic E-state index is 0.221. The molecule has 2 aliphatic rings. The first kappa shape index (κ1) is 23.3. The Morgan fingerprint density at radius 1 is 1.15 bits per heavy atom. The summed E-state index contributed by atoms with van der Waals surface area (Å²) in [5.74, 6) is 1.12. The standard InChI is InChI=1S/C24H25F4N5S/c1-32-21(18-4-2-10-29-20(18)25)30-31-22(32)34-13-3-11-33-12-9-23(15-33)14-19(23)16-5-7-17(8-6-16)24(26,27)28/h2,4-8,10,19H,3,9,11-15H2,1H3/t19-,23+/m1/s1. The fraction of sp³-hybridized carbons (Fsp3) is 0.458. The monoisotopic (exact) mass is 491 g/mol. The van der Waals surface area contributed by atoms with E-state index in [0.29, 0.717) is 17.3 Å². The maximum Gasteiger partial charge on any atom is 0.416 e. The molecule has 2 atom stereocenters. The van der Waals surface area contributed by atoms with Crippen molar-refractivity contribution in [1.29, 1.82) is 0 Å². The lowest BCUT2D eigenvalue weighted by Gasteiger charge is -2.16. The molecule has 1 saturated carbocycles. The lowest BCUT2D eigenvalue weighted by atomic mass is 9.97. The van der Waals surface area contributed by atoms with Gasteiger partial charge in [-0.25, -0.2) is 4.98 Å². The van der Waals surface area contributed by atoms with Crippen LogP contribution in [0.1, 0.15) is 36.3 Å². The van der Waals surface area contributed by atoms with Gasteiger partial charge < -0.3 is 9.47 Å². The maximum atomic E-state index is 14.0. The molecule has 5 nitrogen and oxygen atoms in total. The van der Waals surface area contributed by atoms with E-state index >= 15 is 0 Å². The predicted molar refractivity (Wildman–Crippen MR) is 122 cm³/mol. The normalized spacial score (nSPS) is 22.6. The number of hydrogen-bond donors (Lipinski definition) is 0. The second kappa shape index (κ2) is 8.96. The van der Waals surface area contributed by atoms with Crippen molar-refractivity contribution >= 4 is 11.8 Å². The van der Waals surface area contributed by atoms with Gasteiger partial charge >= 0.3 is 6.18 Å². The quantitative estimate of drug-likeness (QED) is 0.192. The largest absolute Gasteiger partial charge is 0.416 e. The highest BCUT2D eigenvalue weighted by molar-refractivity contribution is 7.99. The summed E-state index contributed by atoms with van der Waals surface area (Å²) in [6.45, 7) is 2.99. The van der Waals surface area contributed by atoms with Gasteiger partial charge in [-0.05, 0) is 73.5 Å². The molecule has 5 rings (SSSR count). The predicted octanol–water partition coefficient (Wildman–Crippen LogP) is 5.40. The molecule has 2 fully saturated rings. The van der Waals surface area contributed by atoms with Crippen LogP contribution < -0.4 is 0 Å². The second-order valence-corrected chi connectivity index (χ2v) is 10.2. The highest BCUT2D eigenvalue weighted by Gasteiger charge is 2.57. The van der Waals surface area contributed by atoms with E-state index in [1.54, 1.807) is 40.6 Å². The van der Waals surface area contributed by atoms with E-state index in [0.717, 1.165) is 55.4 Å². The van der Waals surface area contributed by atoms with Crippen molar-refractivity contribution in [2.45, 2.75) is 36.5 Å². The minimum atomic E-state index is -4.29. The van der Waals surface area contributed by atoms with Gasteiger partial charge in [-0.3, -0.25) is 0 Å². The molecule has 1 spiro atoms. The molecule has 0 bridgehead atoms. The van der Waals surface area contributed by atoms with Crippen LogP contribution in [0.4, 0.5) is 17.6 Å². The van der Waals surface area contributed by atoms with Crippen molar-refractivity contribution in [2.75, 3.05) is 25.4 Å². The van der Waals surface area contributed by atoms with Crippen LogP contribution in [-0.2, 0) is 13.2 Å². The Morgan fingerprint density at radius 2 is 1.94 bits per heavy atom. The molecule has 1 aliphatic heterocycles. The van der Waals surface area contributed by atoms with Gasteiger partial charge in [0, 0.05) is 25.5 Å². The van der Waals surface area contributed by atoms with Crippen molar-refractivity contribution in [3.8, 4) is 11.4 Å². The highest BCUT2D eigenvalue weighted by atomic mass is 32.2. The van der Waals surface area contributed by atoms with E-state index in [4.69, 9.17) is 0 Å². The Bertz CT molecular complexity index is 1160. The number of likely N-dealkylation sites (tertiary alicyclic amines) is 1. The number of halogens is 4. The van der Waals surface area contributed by atoms with Crippen molar-refractivity contribution in [3.05, 3.63) is 59.7 Å². The van der Waals surface area contributed by atoms with Crippen LogP contribution >= 0.6 is 11.8 Å². The number of nitrogens with zero attached hydrogens (tertiary/aromatic N) is 5. The van der Waals surface area contributed by atoms with E-state index in [1.165, 1.54) is 18.3 Å². The third kappa shape index (κ3) is 4.57. The number of pyridine rings is 1. The van der Waals surface area contributed by atoms with Gasteiger partial charge in [0.15, 0.2) is 11.0 Å². The van der Waals surface area contributed by atoms with Crippen LogP contribution in [-0.4, -0.2) is 50.0 Å². The molecule has 0 amide bonds. The van der Waals surface area contributed by atoms with Crippen LogP contribution in [0.3, 0.4) is 0 Å². The van der Waals surface area contributed by atoms with Gasteiger partial charge in [-0.1, -0.05) is 23.9 Å². The summed E-state index contributed by atoms with van der Waals surface area (Å²) in [5.41, 5.74) is 0.989. The third-order valence-electron chi connectivity index (χ3n) is 6.98. The van der Waals surface area contributed by atoms with Crippen molar-refractivity contribution in [2.24, 2.45) is 12.5 Å². The SMILES string of the molecule is Cn1c(SCCCN2CC[C@]3(C[C@@H]3c3ccc(C(F)(F)F)cc3)C2)nnc1-c1cccnc1F. The number of rotatable bonds is 7. The van der Waals surface area contributed by atoms with Crippen LogP contribution in [0.5, 0.6) is 0 Å². The zero-order valence-corrected chi connectivity index (χ0v) is 19.5. The maximum absolute atomic E-state index is 14.0. The third-order valence-corrected chi connectivity index (χ3v) is 8.09. The van der Waals surface area contributed by atoms with Gasteiger partial charge in [0.1, 0.15) is 0 Å². The fourth-order valence-corrected chi connectivity index (χ4v) is 5.86. The molecule has 2 aromatic heterocycles. The van der Waals surface area contributed by atoms with E-state index < -0.39 is 17.7 Å². The average molecular weight is 492 g/mol. The molecule has 3 aromatic rings. The van der Waals surface area contributed by atoms with Gasteiger partial charge in [0.05, 0.1) is 11.1 Å². The average Bonchev–Trinajstić information content (AvgIpc) is 3.16. The first-order chi connectivity index (χ1) is 16.3. The highest BCUT2D eigenvalue weighted by Crippen LogP contribution is 2.64. The molecule has 3 heterocycles. The second-order valence-electron chi connectivity index (χ2n) is 9.17. The molecule has 1 aliphatic carbocycles. The molecule has 0 unspecified atom stereocenters. The Hall–Kier alpha value is -2.46. The number of thioether (sulfide) groups is 1. The molecule has 1 aromatic carbocycles. The molecule has 0 N–H and O–H groups in total. The molecule has 34 heavy (non-hydrogen) atoms. The zero-order valence-electron chi connectivity index (χ0n) is 18.7. The van der Waals surface area contributed by atoms with E-state index in [1.807, 2.05) is 7.05 Å². The molecule has 0 radical (unpaired) electrons. The van der Waals surface area contributed by atoms with Crippen molar-refractivity contribution in [3.63, 3.8) is 0 Å². The van der Waals surface area contributed by atoms with Gasteiger partial charge in [-0.15, -0.1) is 10.2 Å². The van der Waals surface area contributed by atoms with Crippen LogP contribution in [0.25, 0.3) is 11.4 Å². The van der Waals surface area contributed by atoms with Gasteiger partial charge in [-0.2, -0.15) is 17.6 Å². The molecule has 10 heteroatoms. The Kier molecular flexibility index (Phi) is 6.14. The first-order valence-corrected chi connectivity index (χ1v) is 12.3. The van der Waals surface area contributed by atoms with Crippen LogP contribution in [0.2, 0.25) is 0 Å². The number of aromatic nitrogens is 4. The fourth-order valence-electron chi connectivity index (χ4n) is 5.03. The van der Waals surface area contributed by atoms with Crippen LogP contribution in [0, 0.1) is 11.4 Å². The zero-order chi connectivity index (χ0) is 23.9. The Balaban J connectivity index is 1.09. The van der Waals surface area contributed by atoms with Gasteiger partial charge in [0.25, 0.3) is 0 Å². The molecule has 180 valence electrons. The lowest BCUT2D eigenvalue weighted by Crippen LogP contribution is -2.23. The van der Waals surface area contributed by atoms with E-state index in [2.05, 4.69) is 20.1 Å². The number of benzene rings is 1. The van der Waals surface area contributed by atoms with Gasteiger partial charge in [0.2, 0.25) is 5.95 Å². The molecular formula is C24H25F4N5S. The molecular weight excluding hydrogens is 466 g/mol. The summed E-state index contributed by atoms with van der Waals surface area (Å²) in [4.78, 5) is 6.13. The topological polar surface area (TPSA) is 46.8 Å². The summed E-state index contributed by atoms with van der Waals surface area (Å²) < 4.78 is 54.2. The summed E-state index contributed by atoms with van der Waals surface area (Å²) in [6, 6.07) is 9.00. The summed E-state index contributed by atoms with van der Waals surface area (Å²) in [6.07, 6.45) is 0.241. The lowest BCUT2D eigenvalue weighted by molar-refractivity contribution is -0.137. The Labute approximate surface area is 199 Å². The Morgan fingerprint density at radius 3 is 2.68 bits per heavy atom. The molecule has 1 saturated heterocycles. The van der Waals surface area contributed by atoms with Crippen molar-refractivity contribution in [1.82, 2.24) is 24.6 Å². The summed E-state index contributed by atoms with van der Waals surface area (Å²) >= 11 is 1.60. The number of alkyl halides is 3. The summed E-state index contributed by atoms with van der Waals surface area (Å²) in [5, 5.41) is 9.06. The minimum Gasteiger partial charge on any atom is -0.305 e.